The van der Waals surface area contributed by atoms with E-state index in [0.29, 0.717) is 6.54 Å². The smallest absolute Gasteiger partial charge is 0.331 e. The number of carbonyl (C=O) groups excluding carboxylic acids is 3. The van der Waals surface area contributed by atoms with Crippen LogP contribution in [-0.2, 0) is 4.79 Å². The lowest BCUT2D eigenvalue weighted by molar-refractivity contribution is -0.138. The zero-order valence-corrected chi connectivity index (χ0v) is 16.3. The lowest BCUT2D eigenvalue weighted by atomic mass is 10.2. The van der Waals surface area contributed by atoms with E-state index in [1.54, 1.807) is 17.1 Å². The fourth-order valence-corrected chi connectivity index (χ4v) is 3.88. The van der Waals surface area contributed by atoms with Crippen molar-refractivity contribution in [3.8, 4) is 0 Å². The SMILES string of the molecule is C=CCNC(=O)N1CCN(c2ccccc2)C12C(=O)N(CC=C)C(=O)N2CC=C. The number of urea groups is 2. The Morgan fingerprint density at radius 3 is 2.34 bits per heavy atom. The van der Waals surface area contributed by atoms with Crippen LogP contribution in [0, 0.1) is 0 Å². The highest BCUT2D eigenvalue weighted by atomic mass is 16.2. The zero-order valence-electron chi connectivity index (χ0n) is 16.3. The summed E-state index contributed by atoms with van der Waals surface area (Å²) in [6, 6.07) is 8.35. The summed E-state index contributed by atoms with van der Waals surface area (Å²) in [5, 5.41) is 2.73. The van der Waals surface area contributed by atoms with Gasteiger partial charge in [-0.1, -0.05) is 36.4 Å². The Balaban J connectivity index is 2.17. The molecule has 2 saturated heterocycles. The second kappa shape index (κ2) is 8.22. The van der Waals surface area contributed by atoms with Crippen LogP contribution in [0.25, 0.3) is 0 Å². The number of amides is 5. The zero-order chi connectivity index (χ0) is 21.0. The molecule has 8 nitrogen and oxygen atoms in total. The van der Waals surface area contributed by atoms with Gasteiger partial charge in [0.1, 0.15) is 0 Å². The fourth-order valence-electron chi connectivity index (χ4n) is 3.88. The fraction of sp³-hybridized carbons (Fsp3) is 0.286. The molecule has 29 heavy (non-hydrogen) atoms. The number of anilines is 1. The Kier molecular flexibility index (Phi) is 5.72. The second-order valence-electron chi connectivity index (χ2n) is 6.64. The highest BCUT2D eigenvalue weighted by molar-refractivity contribution is 6.10. The van der Waals surface area contributed by atoms with Crippen molar-refractivity contribution in [3.05, 3.63) is 68.3 Å². The van der Waals surface area contributed by atoms with Gasteiger partial charge in [0.2, 0.25) is 0 Å². The number of hydrogen-bond acceptors (Lipinski definition) is 4. The largest absolute Gasteiger partial charge is 0.334 e. The summed E-state index contributed by atoms with van der Waals surface area (Å²) in [7, 11) is 0. The van der Waals surface area contributed by atoms with E-state index in [9.17, 15) is 14.4 Å². The van der Waals surface area contributed by atoms with Gasteiger partial charge in [0, 0.05) is 38.4 Å². The molecular formula is C21H25N5O3. The van der Waals surface area contributed by atoms with E-state index in [1.165, 1.54) is 15.9 Å². The van der Waals surface area contributed by atoms with Crippen LogP contribution in [0.3, 0.4) is 0 Å². The van der Waals surface area contributed by atoms with E-state index in [0.717, 1.165) is 10.6 Å². The van der Waals surface area contributed by atoms with Crippen molar-refractivity contribution in [2.24, 2.45) is 0 Å². The third-order valence-electron chi connectivity index (χ3n) is 5.00. The van der Waals surface area contributed by atoms with Crippen LogP contribution >= 0.6 is 0 Å². The molecule has 2 aliphatic rings. The number of para-hydroxylation sites is 1. The molecule has 1 N–H and O–H groups in total. The van der Waals surface area contributed by atoms with E-state index in [4.69, 9.17) is 0 Å². The molecule has 1 unspecified atom stereocenters. The van der Waals surface area contributed by atoms with Gasteiger partial charge in [0.25, 0.3) is 5.79 Å². The van der Waals surface area contributed by atoms with Crippen molar-refractivity contribution < 1.29 is 14.4 Å². The molecule has 2 aliphatic heterocycles. The monoisotopic (exact) mass is 395 g/mol. The molecule has 0 saturated carbocycles. The van der Waals surface area contributed by atoms with Gasteiger partial charge in [-0.2, -0.15) is 0 Å². The summed E-state index contributed by atoms with van der Waals surface area (Å²) in [6.07, 6.45) is 4.60. The van der Waals surface area contributed by atoms with E-state index in [2.05, 4.69) is 25.1 Å². The Morgan fingerprint density at radius 1 is 1.03 bits per heavy atom. The van der Waals surface area contributed by atoms with Crippen LogP contribution in [0.1, 0.15) is 0 Å². The molecule has 0 radical (unpaired) electrons. The van der Waals surface area contributed by atoms with E-state index < -0.39 is 23.8 Å². The summed E-state index contributed by atoms with van der Waals surface area (Å²) in [5.41, 5.74) is 0.738. The Labute approximate surface area is 170 Å². The third kappa shape index (κ3) is 3.06. The van der Waals surface area contributed by atoms with Gasteiger partial charge in [-0.05, 0) is 12.1 Å². The van der Waals surface area contributed by atoms with Gasteiger partial charge < -0.3 is 10.2 Å². The Morgan fingerprint density at radius 2 is 1.72 bits per heavy atom. The summed E-state index contributed by atoms with van der Waals surface area (Å²) in [4.78, 5) is 45.5. The van der Waals surface area contributed by atoms with Gasteiger partial charge in [-0.25, -0.2) is 9.59 Å². The predicted molar refractivity (Wildman–Crippen MR) is 111 cm³/mol. The molecule has 0 aliphatic carbocycles. The maximum absolute atomic E-state index is 13.7. The van der Waals surface area contributed by atoms with Crippen LogP contribution in [-0.4, -0.2) is 71.2 Å². The van der Waals surface area contributed by atoms with Crippen molar-refractivity contribution in [2.75, 3.05) is 37.6 Å². The lowest BCUT2D eigenvalue weighted by Gasteiger charge is -2.43. The first-order valence-corrected chi connectivity index (χ1v) is 9.38. The minimum Gasteiger partial charge on any atom is -0.334 e. The number of hydrogen-bond donors (Lipinski definition) is 1. The summed E-state index contributed by atoms with van der Waals surface area (Å²) >= 11 is 0. The van der Waals surface area contributed by atoms with Crippen LogP contribution in [0.15, 0.2) is 68.3 Å². The van der Waals surface area contributed by atoms with E-state index >= 15 is 0 Å². The minimum absolute atomic E-state index is 0.0534. The molecule has 3 rings (SSSR count). The van der Waals surface area contributed by atoms with Crippen molar-refractivity contribution in [1.82, 2.24) is 20.0 Å². The van der Waals surface area contributed by atoms with Crippen LogP contribution in [0.5, 0.6) is 0 Å². The van der Waals surface area contributed by atoms with Crippen molar-refractivity contribution >= 4 is 23.7 Å². The molecule has 0 aromatic heterocycles. The Bertz CT molecular complexity index is 840. The highest BCUT2D eigenvalue weighted by Crippen LogP contribution is 2.41. The lowest BCUT2D eigenvalue weighted by Crippen LogP contribution is -2.69. The summed E-state index contributed by atoms with van der Waals surface area (Å²) < 4.78 is 0. The van der Waals surface area contributed by atoms with E-state index in [1.807, 2.05) is 30.3 Å². The van der Waals surface area contributed by atoms with Crippen molar-refractivity contribution in [3.63, 3.8) is 0 Å². The van der Waals surface area contributed by atoms with Gasteiger partial charge in [-0.15, -0.1) is 19.7 Å². The topological polar surface area (TPSA) is 76.2 Å². The maximum atomic E-state index is 13.7. The number of imide groups is 1. The molecule has 2 heterocycles. The summed E-state index contributed by atoms with van der Waals surface area (Å²) in [6.45, 7) is 12.1. The van der Waals surface area contributed by atoms with Gasteiger partial charge in [0.05, 0.1) is 0 Å². The molecule has 1 aromatic rings. The molecule has 2 fully saturated rings. The molecule has 8 heteroatoms. The average Bonchev–Trinajstić information content (AvgIpc) is 3.22. The first-order valence-electron chi connectivity index (χ1n) is 9.38. The third-order valence-corrected chi connectivity index (χ3v) is 5.00. The highest BCUT2D eigenvalue weighted by Gasteiger charge is 2.67. The second-order valence-corrected chi connectivity index (χ2v) is 6.64. The number of nitrogens with one attached hydrogen (secondary N) is 1. The summed E-state index contributed by atoms with van der Waals surface area (Å²) in [5.74, 6) is -2.10. The predicted octanol–water partition coefficient (Wildman–Crippen LogP) is 1.99. The Hall–Kier alpha value is -3.55. The first kappa shape index (κ1) is 20.2. The number of benzene rings is 1. The van der Waals surface area contributed by atoms with Crippen LogP contribution in [0.2, 0.25) is 0 Å². The molecule has 152 valence electrons. The normalized spacial score (nSPS) is 21.1. The van der Waals surface area contributed by atoms with Crippen molar-refractivity contribution in [1.29, 1.82) is 0 Å². The van der Waals surface area contributed by atoms with Gasteiger partial charge in [-0.3, -0.25) is 19.5 Å². The molecule has 0 bridgehead atoms. The molecule has 1 aromatic carbocycles. The quantitative estimate of drug-likeness (QED) is 0.566. The van der Waals surface area contributed by atoms with Crippen LogP contribution in [0.4, 0.5) is 15.3 Å². The number of rotatable bonds is 7. The molecule has 5 amide bonds. The standard InChI is InChI=1S/C21H25N5O3/c1-4-12-22-19(28)25-16-15-24(17-10-8-7-9-11-17)21(25)18(27)23(13-5-2)20(29)26(21)14-6-3/h4-11H,1-3,12-16H2,(H,22,28). The minimum atomic E-state index is -1.61. The molecule has 1 spiro atoms. The number of nitrogens with zero attached hydrogens (tertiary/aromatic N) is 4. The maximum Gasteiger partial charge on any atom is 0.331 e. The average molecular weight is 395 g/mol. The van der Waals surface area contributed by atoms with Crippen LogP contribution < -0.4 is 10.2 Å². The molecular weight excluding hydrogens is 370 g/mol. The van der Waals surface area contributed by atoms with Gasteiger partial charge in [0.15, 0.2) is 0 Å². The molecule has 1 atom stereocenters. The van der Waals surface area contributed by atoms with E-state index in [-0.39, 0.29) is 26.2 Å². The van der Waals surface area contributed by atoms with Gasteiger partial charge >= 0.3 is 18.0 Å². The first-order chi connectivity index (χ1) is 14.0. The number of carbonyl (C=O) groups is 3. The van der Waals surface area contributed by atoms with Crippen molar-refractivity contribution in [2.45, 2.75) is 5.79 Å².